The number of aromatic nitrogens is 1. The van der Waals surface area contributed by atoms with Crippen LogP contribution in [0, 0.1) is 41.5 Å². The van der Waals surface area contributed by atoms with Gasteiger partial charge in [-0.3, -0.25) is 0 Å². The molecule has 1 aromatic heterocycles. The first-order chi connectivity index (χ1) is 26.4. The van der Waals surface area contributed by atoms with Gasteiger partial charge < -0.3 is 4.57 Å². The van der Waals surface area contributed by atoms with Gasteiger partial charge in [0.05, 0.1) is 0 Å². The average molecular weight is 714 g/mol. The summed E-state index contributed by atoms with van der Waals surface area (Å²) in [6.45, 7) is 17.7. The van der Waals surface area contributed by atoms with Gasteiger partial charge in [0.1, 0.15) is 0 Å². The van der Waals surface area contributed by atoms with E-state index in [4.69, 9.17) is 0 Å². The summed E-state index contributed by atoms with van der Waals surface area (Å²) in [5.74, 6) is 0. The zero-order valence-corrected chi connectivity index (χ0v) is 33.8. The van der Waals surface area contributed by atoms with Crippen molar-refractivity contribution in [1.29, 1.82) is 0 Å². The maximum Gasteiger partial charge on any atom is 0.0488 e. The predicted molar refractivity (Wildman–Crippen MR) is 240 cm³/mol. The molecular formula is C54H51N. The van der Waals surface area contributed by atoms with Gasteiger partial charge in [0.2, 0.25) is 0 Å². The fourth-order valence-electron chi connectivity index (χ4n) is 8.84. The van der Waals surface area contributed by atoms with Crippen LogP contribution in [0.1, 0.15) is 58.4 Å². The molecule has 0 atom stereocenters. The average Bonchev–Trinajstić information content (AvgIpc) is 3.57. The molecule has 1 aliphatic carbocycles. The Balaban J connectivity index is 0.000000118. The van der Waals surface area contributed by atoms with Crippen LogP contribution in [0.25, 0.3) is 65.6 Å². The largest absolute Gasteiger partial charge is 0.344 e. The third kappa shape index (κ3) is 6.42. The van der Waals surface area contributed by atoms with Crippen LogP contribution in [-0.4, -0.2) is 4.57 Å². The van der Waals surface area contributed by atoms with Crippen LogP contribution in [0.5, 0.6) is 0 Å². The summed E-state index contributed by atoms with van der Waals surface area (Å²) in [6, 6.07) is 53.2. The molecule has 1 heteroatoms. The minimum absolute atomic E-state index is 0.142. The first-order valence-electron chi connectivity index (χ1n) is 19.6. The standard InChI is InChI=1S/C22H18.C17H18.C15H15N/c1-15-11-13-17-7-3-5-9-19(17)21(15)22-16(2)12-14-18-8-4-6-10-20(18)22;1-11-5-7-13-14-8-6-12(2)10-16(14)17(3,4)15(13)9-11;1-10-4-6-14-12(8-10)13-9-11(2)5-7-15(13)16(14)3/h3-14H,1-2H3;5-10H,1-4H3;4-9H,1-3H3. The quantitative estimate of drug-likeness (QED) is 0.160. The molecule has 0 spiro atoms. The van der Waals surface area contributed by atoms with Crippen molar-refractivity contribution in [3.05, 3.63) is 190 Å². The van der Waals surface area contributed by atoms with E-state index < -0.39 is 0 Å². The molecule has 10 rings (SSSR count). The monoisotopic (exact) mass is 713 g/mol. The van der Waals surface area contributed by atoms with Gasteiger partial charge >= 0.3 is 0 Å². The predicted octanol–water partition coefficient (Wildman–Crippen LogP) is 14.8. The van der Waals surface area contributed by atoms with Gasteiger partial charge in [0.25, 0.3) is 0 Å². The number of hydrogen-bond donors (Lipinski definition) is 0. The number of aryl methyl sites for hydroxylation is 7. The Hall–Kier alpha value is -5.92. The fraction of sp³-hybridized carbons (Fsp3) is 0.185. The molecule has 0 N–H and O–H groups in total. The molecule has 1 heterocycles. The highest BCUT2D eigenvalue weighted by atomic mass is 14.9. The molecule has 0 radical (unpaired) electrons. The maximum atomic E-state index is 2.34. The van der Waals surface area contributed by atoms with Crippen LogP contribution < -0.4 is 0 Å². The molecule has 272 valence electrons. The summed E-state index contributed by atoms with van der Waals surface area (Å²) in [5.41, 5.74) is 19.3. The van der Waals surface area contributed by atoms with Crippen molar-refractivity contribution in [3.63, 3.8) is 0 Å². The molecule has 0 saturated heterocycles. The summed E-state index contributed by atoms with van der Waals surface area (Å²) in [5, 5.41) is 8.00. The molecule has 0 saturated carbocycles. The molecule has 0 unspecified atom stereocenters. The molecular weight excluding hydrogens is 663 g/mol. The lowest BCUT2D eigenvalue weighted by Crippen LogP contribution is -2.15. The van der Waals surface area contributed by atoms with E-state index in [0.717, 1.165) is 0 Å². The molecule has 0 bridgehead atoms. The third-order valence-electron chi connectivity index (χ3n) is 11.8. The lowest BCUT2D eigenvalue weighted by atomic mass is 9.81. The number of benzene rings is 8. The molecule has 9 aromatic rings. The van der Waals surface area contributed by atoms with Crippen molar-refractivity contribution >= 4 is 43.4 Å². The first-order valence-corrected chi connectivity index (χ1v) is 19.6. The second-order valence-corrected chi connectivity index (χ2v) is 16.3. The second kappa shape index (κ2) is 14.1. The molecule has 0 fully saturated rings. The van der Waals surface area contributed by atoms with Crippen LogP contribution in [-0.2, 0) is 12.5 Å². The third-order valence-corrected chi connectivity index (χ3v) is 11.8. The zero-order valence-electron chi connectivity index (χ0n) is 33.8. The van der Waals surface area contributed by atoms with Crippen molar-refractivity contribution < 1.29 is 0 Å². The molecule has 1 nitrogen and oxygen atoms in total. The van der Waals surface area contributed by atoms with E-state index in [1.165, 1.54) is 110 Å². The minimum Gasteiger partial charge on any atom is -0.344 e. The summed E-state index contributed by atoms with van der Waals surface area (Å²) in [4.78, 5) is 0. The van der Waals surface area contributed by atoms with E-state index in [1.807, 2.05) is 0 Å². The highest BCUT2D eigenvalue weighted by Crippen LogP contribution is 2.49. The Morgan fingerprint density at radius 2 is 0.764 bits per heavy atom. The molecule has 0 amide bonds. The van der Waals surface area contributed by atoms with Crippen LogP contribution in [0.15, 0.2) is 146 Å². The van der Waals surface area contributed by atoms with Crippen LogP contribution in [0.2, 0.25) is 0 Å². The summed E-state index contributed by atoms with van der Waals surface area (Å²) in [6.07, 6.45) is 0. The van der Waals surface area contributed by atoms with E-state index >= 15 is 0 Å². The van der Waals surface area contributed by atoms with Gasteiger partial charge in [0.15, 0.2) is 0 Å². The van der Waals surface area contributed by atoms with Crippen LogP contribution >= 0.6 is 0 Å². The van der Waals surface area contributed by atoms with E-state index in [0.29, 0.717) is 0 Å². The zero-order chi connectivity index (χ0) is 38.6. The Labute approximate surface area is 326 Å². The normalized spacial score (nSPS) is 12.6. The second-order valence-electron chi connectivity index (χ2n) is 16.3. The lowest BCUT2D eigenvalue weighted by molar-refractivity contribution is 0.659. The maximum absolute atomic E-state index is 2.34. The number of fused-ring (bicyclic) bond motifs is 8. The Kier molecular flexibility index (Phi) is 9.22. The van der Waals surface area contributed by atoms with Crippen molar-refractivity contribution in [3.8, 4) is 22.3 Å². The summed E-state index contributed by atoms with van der Waals surface area (Å²) < 4.78 is 2.27. The van der Waals surface area contributed by atoms with Crippen molar-refractivity contribution in [2.75, 3.05) is 0 Å². The highest BCUT2D eigenvalue weighted by molar-refractivity contribution is 6.09. The Morgan fingerprint density at radius 1 is 0.382 bits per heavy atom. The van der Waals surface area contributed by atoms with Gasteiger partial charge in [0, 0.05) is 34.3 Å². The van der Waals surface area contributed by atoms with Gasteiger partial charge in [-0.25, -0.2) is 0 Å². The van der Waals surface area contributed by atoms with Crippen LogP contribution in [0.3, 0.4) is 0 Å². The number of hydrogen-bond acceptors (Lipinski definition) is 0. The van der Waals surface area contributed by atoms with Crippen LogP contribution in [0.4, 0.5) is 0 Å². The number of rotatable bonds is 1. The van der Waals surface area contributed by atoms with Gasteiger partial charge in [-0.2, -0.15) is 0 Å². The van der Waals surface area contributed by atoms with E-state index in [2.05, 4.69) is 213 Å². The summed E-state index contributed by atoms with van der Waals surface area (Å²) >= 11 is 0. The smallest absolute Gasteiger partial charge is 0.0488 e. The molecule has 1 aliphatic rings. The van der Waals surface area contributed by atoms with E-state index in [9.17, 15) is 0 Å². The van der Waals surface area contributed by atoms with Gasteiger partial charge in [-0.1, -0.05) is 157 Å². The SMILES string of the molecule is Cc1ccc2c(c1)C(C)(C)c1cc(C)ccc1-2.Cc1ccc2c(c1)c1cc(C)ccc1n2C.Cc1ccc2ccccc2c1-c1c(C)ccc2ccccc12. The molecule has 55 heavy (non-hydrogen) atoms. The minimum atomic E-state index is 0.142. The van der Waals surface area contributed by atoms with Crippen molar-refractivity contribution in [2.24, 2.45) is 7.05 Å². The molecule has 8 aromatic carbocycles. The highest BCUT2D eigenvalue weighted by Gasteiger charge is 2.35. The van der Waals surface area contributed by atoms with E-state index in [-0.39, 0.29) is 5.41 Å². The van der Waals surface area contributed by atoms with Crippen molar-refractivity contribution in [2.45, 2.75) is 60.8 Å². The van der Waals surface area contributed by atoms with Gasteiger partial charge in [-0.15, -0.1) is 0 Å². The Morgan fingerprint density at radius 3 is 1.20 bits per heavy atom. The van der Waals surface area contributed by atoms with Gasteiger partial charge in [-0.05, 0) is 132 Å². The molecule has 0 aliphatic heterocycles. The lowest BCUT2D eigenvalue weighted by Gasteiger charge is -2.22. The van der Waals surface area contributed by atoms with E-state index in [1.54, 1.807) is 0 Å². The summed E-state index contributed by atoms with van der Waals surface area (Å²) in [7, 11) is 2.13. The fourth-order valence-corrected chi connectivity index (χ4v) is 8.84. The topological polar surface area (TPSA) is 4.93 Å². The van der Waals surface area contributed by atoms with Crippen molar-refractivity contribution in [1.82, 2.24) is 4.57 Å². The number of nitrogens with zero attached hydrogens (tertiary/aromatic N) is 1. The Bertz CT molecular complexity index is 2720. The first kappa shape index (κ1) is 36.1.